The third-order valence-corrected chi connectivity index (χ3v) is 5.03. The topological polar surface area (TPSA) is 50.4 Å². The number of ether oxygens (including phenoxy) is 1. The molecule has 1 heterocycles. The Morgan fingerprint density at radius 3 is 2.54 bits per heavy atom. The molecule has 2 aromatic carbocycles. The van der Waals surface area contributed by atoms with Gasteiger partial charge in [-0.05, 0) is 23.1 Å². The van der Waals surface area contributed by atoms with Gasteiger partial charge in [0, 0.05) is 17.0 Å². The van der Waals surface area contributed by atoms with Crippen LogP contribution in [0.3, 0.4) is 0 Å². The summed E-state index contributed by atoms with van der Waals surface area (Å²) in [5.41, 5.74) is 2.11. The fraction of sp³-hybridized carbons (Fsp3) is 0.190. The van der Waals surface area contributed by atoms with E-state index >= 15 is 0 Å². The van der Waals surface area contributed by atoms with Crippen LogP contribution in [-0.2, 0) is 11.3 Å². The Balaban J connectivity index is 1.60. The lowest BCUT2D eigenvalue weighted by Gasteiger charge is -2.18. The quantitative estimate of drug-likeness (QED) is 0.638. The summed E-state index contributed by atoms with van der Waals surface area (Å²) in [5.74, 6) is 0.731. The minimum absolute atomic E-state index is 0.00760. The molecule has 0 unspecified atom stereocenters. The number of carbonyl (C=O) groups is 1. The molecule has 5 heteroatoms. The molecule has 0 aliphatic heterocycles. The molecule has 0 aliphatic carbocycles. The molecule has 1 aromatic heterocycles. The SMILES string of the molecule is COc1ccccc1CNC(=O)CN[C@@H](c1ccccc1)c1cccs1. The zero-order valence-corrected chi connectivity index (χ0v) is 15.5. The third kappa shape index (κ3) is 4.71. The average molecular weight is 366 g/mol. The van der Waals surface area contributed by atoms with Crippen molar-refractivity contribution in [1.29, 1.82) is 0 Å². The molecule has 26 heavy (non-hydrogen) atoms. The van der Waals surface area contributed by atoms with Crippen LogP contribution in [0.1, 0.15) is 22.0 Å². The van der Waals surface area contributed by atoms with Crippen molar-refractivity contribution in [2.45, 2.75) is 12.6 Å². The Morgan fingerprint density at radius 1 is 1.04 bits per heavy atom. The maximum absolute atomic E-state index is 12.3. The van der Waals surface area contributed by atoms with E-state index in [4.69, 9.17) is 4.74 Å². The first-order chi connectivity index (χ1) is 12.8. The minimum atomic E-state index is -0.0478. The summed E-state index contributed by atoms with van der Waals surface area (Å²) in [5, 5.41) is 8.37. The van der Waals surface area contributed by atoms with E-state index in [0.29, 0.717) is 6.54 Å². The van der Waals surface area contributed by atoms with Crippen molar-refractivity contribution in [3.8, 4) is 5.75 Å². The zero-order valence-electron chi connectivity index (χ0n) is 14.6. The predicted octanol–water partition coefficient (Wildman–Crippen LogP) is 3.75. The van der Waals surface area contributed by atoms with Crippen LogP contribution in [0.2, 0.25) is 0 Å². The Morgan fingerprint density at radius 2 is 1.81 bits per heavy atom. The number of hydrogen-bond acceptors (Lipinski definition) is 4. The first kappa shape index (κ1) is 18.2. The van der Waals surface area contributed by atoms with Crippen molar-refractivity contribution >= 4 is 17.2 Å². The van der Waals surface area contributed by atoms with Crippen LogP contribution in [0, 0.1) is 0 Å². The predicted molar refractivity (Wildman–Crippen MR) is 105 cm³/mol. The lowest BCUT2D eigenvalue weighted by atomic mass is 10.1. The van der Waals surface area contributed by atoms with Gasteiger partial charge in [-0.15, -0.1) is 11.3 Å². The molecule has 0 aliphatic rings. The second-order valence-electron chi connectivity index (χ2n) is 5.83. The molecule has 0 saturated heterocycles. The van der Waals surface area contributed by atoms with Crippen LogP contribution in [0.5, 0.6) is 5.75 Å². The molecule has 4 nitrogen and oxygen atoms in total. The summed E-state index contributed by atoms with van der Waals surface area (Å²) in [6, 6.07) is 22.0. The van der Waals surface area contributed by atoms with Gasteiger partial charge in [0.25, 0.3) is 0 Å². The Labute approximate surface area is 157 Å². The number of hydrogen-bond donors (Lipinski definition) is 2. The van der Waals surface area contributed by atoms with Gasteiger partial charge in [-0.1, -0.05) is 54.6 Å². The van der Waals surface area contributed by atoms with E-state index in [2.05, 4.69) is 34.2 Å². The molecule has 1 atom stereocenters. The number of carbonyl (C=O) groups excluding carboxylic acids is 1. The molecule has 2 N–H and O–H groups in total. The van der Waals surface area contributed by atoms with E-state index in [1.54, 1.807) is 18.4 Å². The Hall–Kier alpha value is -2.63. The molecular formula is C21H22N2O2S. The fourth-order valence-electron chi connectivity index (χ4n) is 2.78. The van der Waals surface area contributed by atoms with Crippen molar-refractivity contribution in [1.82, 2.24) is 10.6 Å². The van der Waals surface area contributed by atoms with Gasteiger partial charge in [0.1, 0.15) is 5.75 Å². The number of methoxy groups -OCH3 is 1. The lowest BCUT2D eigenvalue weighted by Crippen LogP contribution is -2.35. The molecule has 1 amide bonds. The molecule has 0 fully saturated rings. The van der Waals surface area contributed by atoms with Crippen LogP contribution in [0.4, 0.5) is 0 Å². The standard InChI is InChI=1S/C21H22N2O2S/c1-25-18-11-6-5-10-17(18)14-22-20(24)15-23-21(19-12-7-13-26-19)16-8-3-2-4-9-16/h2-13,21,23H,14-15H2,1H3,(H,22,24)/t21-/m0/s1. The molecule has 0 spiro atoms. The molecular weight excluding hydrogens is 344 g/mol. The zero-order chi connectivity index (χ0) is 18.2. The molecule has 0 saturated carbocycles. The van der Waals surface area contributed by atoms with Gasteiger partial charge in [-0.3, -0.25) is 10.1 Å². The van der Waals surface area contributed by atoms with Gasteiger partial charge >= 0.3 is 0 Å². The van der Waals surface area contributed by atoms with Crippen molar-refractivity contribution in [3.63, 3.8) is 0 Å². The molecule has 3 aromatic rings. The number of para-hydroxylation sites is 1. The maximum atomic E-state index is 12.3. The monoisotopic (exact) mass is 366 g/mol. The number of thiophene rings is 1. The van der Waals surface area contributed by atoms with E-state index < -0.39 is 0 Å². The summed E-state index contributed by atoms with van der Waals surface area (Å²) >= 11 is 1.68. The number of amides is 1. The molecule has 0 radical (unpaired) electrons. The van der Waals surface area contributed by atoms with Gasteiger partial charge in [0.2, 0.25) is 5.91 Å². The van der Waals surface area contributed by atoms with Crippen molar-refractivity contribution < 1.29 is 9.53 Å². The second kappa shape index (κ2) is 9.17. The van der Waals surface area contributed by atoms with Gasteiger partial charge in [0.15, 0.2) is 0 Å². The van der Waals surface area contributed by atoms with Crippen molar-refractivity contribution in [3.05, 3.63) is 88.1 Å². The third-order valence-electron chi connectivity index (χ3n) is 4.10. The molecule has 134 valence electrons. The number of rotatable bonds is 8. The number of benzene rings is 2. The van der Waals surface area contributed by atoms with Crippen molar-refractivity contribution in [2.24, 2.45) is 0 Å². The van der Waals surface area contributed by atoms with Crippen LogP contribution >= 0.6 is 11.3 Å². The van der Waals surface area contributed by atoms with E-state index in [-0.39, 0.29) is 18.5 Å². The maximum Gasteiger partial charge on any atom is 0.234 e. The highest BCUT2D eigenvalue weighted by Crippen LogP contribution is 2.25. The van der Waals surface area contributed by atoms with Crippen LogP contribution in [0.25, 0.3) is 0 Å². The highest BCUT2D eigenvalue weighted by Gasteiger charge is 2.16. The average Bonchev–Trinajstić information content (AvgIpc) is 3.22. The van der Waals surface area contributed by atoms with Gasteiger partial charge in [0.05, 0.1) is 19.7 Å². The van der Waals surface area contributed by atoms with E-state index in [0.717, 1.165) is 16.9 Å². The Kier molecular flexibility index (Phi) is 6.41. The first-order valence-electron chi connectivity index (χ1n) is 8.48. The van der Waals surface area contributed by atoms with Crippen LogP contribution < -0.4 is 15.4 Å². The summed E-state index contributed by atoms with van der Waals surface area (Å²) in [6.07, 6.45) is 0. The van der Waals surface area contributed by atoms with Gasteiger partial charge in [-0.2, -0.15) is 0 Å². The lowest BCUT2D eigenvalue weighted by molar-refractivity contribution is -0.120. The summed E-state index contributed by atoms with van der Waals surface area (Å²) < 4.78 is 5.32. The summed E-state index contributed by atoms with van der Waals surface area (Å²) in [6.45, 7) is 0.687. The Bertz CT molecular complexity index is 819. The first-order valence-corrected chi connectivity index (χ1v) is 9.36. The highest BCUT2D eigenvalue weighted by molar-refractivity contribution is 7.10. The van der Waals surface area contributed by atoms with Gasteiger partial charge < -0.3 is 10.1 Å². The van der Waals surface area contributed by atoms with E-state index in [1.807, 2.05) is 48.5 Å². The van der Waals surface area contributed by atoms with Gasteiger partial charge in [-0.25, -0.2) is 0 Å². The summed E-state index contributed by atoms with van der Waals surface area (Å²) in [4.78, 5) is 13.5. The largest absolute Gasteiger partial charge is 0.496 e. The van der Waals surface area contributed by atoms with Crippen LogP contribution in [-0.4, -0.2) is 19.6 Å². The fourth-order valence-corrected chi connectivity index (χ4v) is 3.61. The molecule has 3 rings (SSSR count). The minimum Gasteiger partial charge on any atom is -0.496 e. The number of nitrogens with one attached hydrogen (secondary N) is 2. The van der Waals surface area contributed by atoms with E-state index in [9.17, 15) is 4.79 Å². The smallest absolute Gasteiger partial charge is 0.234 e. The van der Waals surface area contributed by atoms with Crippen LogP contribution in [0.15, 0.2) is 72.1 Å². The highest BCUT2D eigenvalue weighted by atomic mass is 32.1. The molecule has 0 bridgehead atoms. The normalized spacial score (nSPS) is 11.7. The van der Waals surface area contributed by atoms with E-state index in [1.165, 1.54) is 4.88 Å². The summed E-state index contributed by atoms with van der Waals surface area (Å²) in [7, 11) is 1.63. The van der Waals surface area contributed by atoms with Crippen molar-refractivity contribution in [2.75, 3.05) is 13.7 Å². The second-order valence-corrected chi connectivity index (χ2v) is 6.81.